The number of fused-ring (bicyclic) bond motifs is 1. The molecule has 0 unspecified atom stereocenters. The van der Waals surface area contributed by atoms with Crippen LogP contribution in [0, 0.1) is 0 Å². The van der Waals surface area contributed by atoms with Gasteiger partial charge < -0.3 is 15.0 Å². The van der Waals surface area contributed by atoms with Gasteiger partial charge >= 0.3 is 5.97 Å². The van der Waals surface area contributed by atoms with Gasteiger partial charge in [0.25, 0.3) is 0 Å². The molecule has 0 atom stereocenters. The van der Waals surface area contributed by atoms with Gasteiger partial charge in [-0.15, -0.1) is 0 Å². The van der Waals surface area contributed by atoms with Crippen molar-refractivity contribution < 1.29 is 14.3 Å². The second-order valence-corrected chi connectivity index (χ2v) is 8.74. The predicted molar refractivity (Wildman–Crippen MR) is 121 cm³/mol. The predicted octanol–water partition coefficient (Wildman–Crippen LogP) is 4.94. The molecule has 1 aliphatic heterocycles. The zero-order valence-electron chi connectivity index (χ0n) is 18.6. The van der Waals surface area contributed by atoms with Crippen LogP contribution in [-0.4, -0.2) is 31.1 Å². The van der Waals surface area contributed by atoms with Crippen LogP contribution >= 0.6 is 0 Å². The van der Waals surface area contributed by atoms with Crippen LogP contribution in [0.2, 0.25) is 0 Å². The number of carbonyl (C=O) groups excluding carboxylic acids is 2. The summed E-state index contributed by atoms with van der Waals surface area (Å²) in [5, 5.41) is 3.41. The Kier molecular flexibility index (Phi) is 6.49. The van der Waals surface area contributed by atoms with Crippen LogP contribution < -0.4 is 10.2 Å². The lowest BCUT2D eigenvalue weighted by atomic mass is 9.76. The second-order valence-electron chi connectivity index (χ2n) is 8.74. The van der Waals surface area contributed by atoms with Crippen molar-refractivity contribution in [1.29, 1.82) is 0 Å². The van der Waals surface area contributed by atoms with E-state index in [2.05, 4.69) is 51.2 Å². The smallest absolute Gasteiger partial charge is 0.338 e. The van der Waals surface area contributed by atoms with Crippen molar-refractivity contribution in [3.8, 4) is 0 Å². The van der Waals surface area contributed by atoms with Crippen LogP contribution in [0.1, 0.15) is 62.5 Å². The molecule has 3 rings (SSSR count). The Hall–Kier alpha value is -2.82. The summed E-state index contributed by atoms with van der Waals surface area (Å²) in [6.45, 7) is 11.4. The van der Waals surface area contributed by atoms with Crippen molar-refractivity contribution in [3.05, 3.63) is 59.2 Å². The number of carbonyl (C=O) groups is 2. The first-order valence-corrected chi connectivity index (χ1v) is 10.7. The van der Waals surface area contributed by atoms with Gasteiger partial charge in [0.2, 0.25) is 5.91 Å². The third-order valence-corrected chi connectivity index (χ3v) is 5.57. The van der Waals surface area contributed by atoms with Crippen molar-refractivity contribution >= 4 is 23.3 Å². The highest BCUT2D eigenvalue weighted by Crippen LogP contribution is 2.41. The maximum absolute atomic E-state index is 12.6. The number of anilines is 2. The number of amides is 1. The number of esters is 1. The van der Waals surface area contributed by atoms with Crippen LogP contribution in [0.25, 0.3) is 0 Å². The van der Waals surface area contributed by atoms with E-state index in [9.17, 15) is 9.59 Å². The first kappa shape index (κ1) is 21.9. The molecule has 1 aliphatic rings. The maximum Gasteiger partial charge on any atom is 0.338 e. The Labute approximate surface area is 179 Å². The molecule has 0 spiro atoms. The van der Waals surface area contributed by atoms with Gasteiger partial charge in [-0.3, -0.25) is 4.79 Å². The fourth-order valence-electron chi connectivity index (χ4n) is 4.04. The standard InChI is InChI=1S/C25H32N2O3/c1-6-30-24(29)19-8-10-20(11-9-19)26-14-13-18-7-12-22-21(15-18)25(4,5)16-23(28)27(22)17(2)3/h7-12,15,17,26H,6,13-14,16H2,1-5H3. The SMILES string of the molecule is CCOC(=O)c1ccc(NCCc2ccc3c(c2)C(C)(C)CC(=O)N3C(C)C)cc1. The number of benzene rings is 2. The zero-order valence-corrected chi connectivity index (χ0v) is 18.6. The Morgan fingerprint density at radius 3 is 2.50 bits per heavy atom. The third-order valence-electron chi connectivity index (χ3n) is 5.57. The van der Waals surface area contributed by atoms with Crippen molar-refractivity contribution in [2.75, 3.05) is 23.4 Å². The van der Waals surface area contributed by atoms with Crippen LogP contribution in [0.15, 0.2) is 42.5 Å². The lowest BCUT2D eigenvalue weighted by Gasteiger charge is -2.41. The number of rotatable bonds is 7. The van der Waals surface area contributed by atoms with E-state index in [1.807, 2.05) is 17.0 Å². The molecule has 5 heteroatoms. The molecular weight excluding hydrogens is 376 g/mol. The molecular formula is C25H32N2O3. The van der Waals surface area contributed by atoms with E-state index in [1.54, 1.807) is 19.1 Å². The first-order chi connectivity index (χ1) is 14.2. The fourth-order valence-corrected chi connectivity index (χ4v) is 4.04. The minimum Gasteiger partial charge on any atom is -0.462 e. The first-order valence-electron chi connectivity index (χ1n) is 10.7. The molecule has 160 valence electrons. The molecule has 1 amide bonds. The van der Waals surface area contributed by atoms with E-state index in [0.29, 0.717) is 18.6 Å². The lowest BCUT2D eigenvalue weighted by molar-refractivity contribution is -0.120. The topological polar surface area (TPSA) is 58.6 Å². The highest BCUT2D eigenvalue weighted by Gasteiger charge is 2.37. The van der Waals surface area contributed by atoms with Crippen LogP contribution in [-0.2, 0) is 21.4 Å². The Morgan fingerprint density at radius 1 is 1.17 bits per heavy atom. The molecule has 0 bridgehead atoms. The minimum atomic E-state index is -0.297. The molecule has 0 radical (unpaired) electrons. The van der Waals surface area contributed by atoms with E-state index in [0.717, 1.165) is 24.3 Å². The number of nitrogens with one attached hydrogen (secondary N) is 1. The average Bonchev–Trinajstić information content (AvgIpc) is 2.68. The largest absolute Gasteiger partial charge is 0.462 e. The summed E-state index contributed by atoms with van der Waals surface area (Å²) in [6, 6.07) is 14.0. The van der Waals surface area contributed by atoms with Gasteiger partial charge in [0.05, 0.1) is 12.2 Å². The third kappa shape index (κ3) is 4.66. The molecule has 2 aromatic rings. The molecule has 1 heterocycles. The summed E-state index contributed by atoms with van der Waals surface area (Å²) in [7, 11) is 0. The summed E-state index contributed by atoms with van der Waals surface area (Å²) >= 11 is 0. The van der Waals surface area contributed by atoms with Crippen LogP contribution in [0.4, 0.5) is 11.4 Å². The van der Waals surface area contributed by atoms with Gasteiger partial charge in [-0.25, -0.2) is 4.79 Å². The molecule has 30 heavy (non-hydrogen) atoms. The molecule has 2 aromatic carbocycles. The lowest BCUT2D eigenvalue weighted by Crippen LogP contribution is -2.45. The van der Waals surface area contributed by atoms with Gasteiger partial charge in [-0.1, -0.05) is 26.0 Å². The molecule has 0 fully saturated rings. The summed E-state index contributed by atoms with van der Waals surface area (Å²) in [5.74, 6) is -0.0992. The van der Waals surface area contributed by atoms with Gasteiger partial charge in [-0.05, 0) is 68.7 Å². The van der Waals surface area contributed by atoms with E-state index in [-0.39, 0.29) is 23.3 Å². The highest BCUT2D eigenvalue weighted by molar-refractivity contribution is 5.98. The van der Waals surface area contributed by atoms with Crippen LogP contribution in [0.3, 0.4) is 0 Å². The molecule has 0 saturated heterocycles. The second kappa shape index (κ2) is 8.90. The molecule has 1 N–H and O–H groups in total. The Balaban J connectivity index is 1.67. The summed E-state index contributed by atoms with van der Waals surface area (Å²) in [4.78, 5) is 26.3. The number of nitrogens with zero attached hydrogens (tertiary/aromatic N) is 1. The summed E-state index contributed by atoms with van der Waals surface area (Å²) in [6.07, 6.45) is 1.41. The van der Waals surface area contributed by atoms with Gasteiger partial charge in [-0.2, -0.15) is 0 Å². The molecule has 0 aliphatic carbocycles. The van der Waals surface area contributed by atoms with Gasteiger partial charge in [0.15, 0.2) is 0 Å². The van der Waals surface area contributed by atoms with Gasteiger partial charge in [0.1, 0.15) is 0 Å². The maximum atomic E-state index is 12.6. The highest BCUT2D eigenvalue weighted by atomic mass is 16.5. The monoisotopic (exact) mass is 408 g/mol. The van der Waals surface area contributed by atoms with Crippen LogP contribution in [0.5, 0.6) is 0 Å². The van der Waals surface area contributed by atoms with E-state index in [4.69, 9.17) is 4.74 Å². The number of hydrogen-bond acceptors (Lipinski definition) is 4. The van der Waals surface area contributed by atoms with Crippen molar-refractivity contribution in [1.82, 2.24) is 0 Å². The molecule has 5 nitrogen and oxygen atoms in total. The van der Waals surface area contributed by atoms with E-state index in [1.165, 1.54) is 11.1 Å². The summed E-state index contributed by atoms with van der Waals surface area (Å²) < 4.78 is 5.01. The normalized spacial score (nSPS) is 15.1. The van der Waals surface area contributed by atoms with Gasteiger partial charge in [0, 0.05) is 35.8 Å². The molecule has 0 saturated carbocycles. The van der Waals surface area contributed by atoms with Crippen molar-refractivity contribution in [3.63, 3.8) is 0 Å². The average molecular weight is 409 g/mol. The number of hydrogen-bond donors (Lipinski definition) is 1. The van der Waals surface area contributed by atoms with Crippen molar-refractivity contribution in [2.24, 2.45) is 0 Å². The number of ether oxygens (including phenoxy) is 1. The minimum absolute atomic E-state index is 0.150. The Bertz CT molecular complexity index is 916. The van der Waals surface area contributed by atoms with Crippen molar-refractivity contribution in [2.45, 2.75) is 58.9 Å². The molecule has 0 aromatic heterocycles. The van der Waals surface area contributed by atoms with E-state index < -0.39 is 0 Å². The zero-order chi connectivity index (χ0) is 21.9. The quantitative estimate of drug-likeness (QED) is 0.659. The Morgan fingerprint density at radius 2 is 1.87 bits per heavy atom. The van der Waals surface area contributed by atoms with E-state index >= 15 is 0 Å². The summed E-state index contributed by atoms with van der Waals surface area (Å²) in [5.41, 5.74) is 4.89. The fraction of sp³-hybridized carbons (Fsp3) is 0.440.